The normalized spacial score (nSPS) is 12.0. The lowest BCUT2D eigenvalue weighted by Gasteiger charge is -2.25. The van der Waals surface area contributed by atoms with Crippen molar-refractivity contribution in [3.8, 4) is 0 Å². The summed E-state index contributed by atoms with van der Waals surface area (Å²) in [6, 6.07) is 0. The number of hydrogen-bond donors (Lipinski definition) is 1. The molecule has 4 heteroatoms. The Balaban J connectivity index is 3.61. The summed E-state index contributed by atoms with van der Waals surface area (Å²) in [4.78, 5) is 4.81. The lowest BCUT2D eigenvalue weighted by Crippen LogP contribution is -2.39. The Bertz CT molecular complexity index is 186. The van der Waals surface area contributed by atoms with Crippen molar-refractivity contribution in [3.63, 3.8) is 0 Å². The number of likely N-dealkylation sites (N-methyl/N-ethyl adjacent to an activating group) is 1. The quantitative estimate of drug-likeness (QED) is 0.515. The van der Waals surface area contributed by atoms with E-state index >= 15 is 0 Å². The molecular weight excluding hydrogens is 238 g/mol. The van der Waals surface area contributed by atoms with Gasteiger partial charge in [0, 0.05) is 45.9 Å². The Hall–Kier alpha value is -0.160. The molecule has 0 aromatic carbocycles. The number of nitrogens with zero attached hydrogens (tertiary/aromatic N) is 2. The molecule has 0 rings (SSSR count). The van der Waals surface area contributed by atoms with Crippen molar-refractivity contribution >= 4 is 0 Å². The average molecular weight is 273 g/mol. The van der Waals surface area contributed by atoms with Crippen LogP contribution in [-0.4, -0.2) is 76.4 Å². The van der Waals surface area contributed by atoms with E-state index in [1.165, 1.54) is 6.54 Å². The molecule has 0 atom stereocenters. The topological polar surface area (TPSA) is 27.7 Å². The van der Waals surface area contributed by atoms with Gasteiger partial charge in [-0.3, -0.25) is 0 Å². The Morgan fingerprint density at radius 2 is 1.79 bits per heavy atom. The third kappa shape index (κ3) is 14.1. The minimum absolute atomic E-state index is 0.736. The Morgan fingerprint density at radius 1 is 1.05 bits per heavy atom. The van der Waals surface area contributed by atoms with Crippen LogP contribution >= 0.6 is 0 Å². The van der Waals surface area contributed by atoms with E-state index in [1.807, 2.05) is 6.92 Å². The Labute approximate surface area is 120 Å². The summed E-state index contributed by atoms with van der Waals surface area (Å²) in [7, 11) is 4.28. The summed E-state index contributed by atoms with van der Waals surface area (Å²) >= 11 is 0. The molecule has 0 heterocycles. The zero-order chi connectivity index (χ0) is 14.5. The maximum Gasteiger partial charge on any atom is 0.0477 e. The van der Waals surface area contributed by atoms with Crippen LogP contribution < -0.4 is 5.32 Å². The molecule has 0 spiro atoms. The van der Waals surface area contributed by atoms with Gasteiger partial charge in [-0.1, -0.05) is 13.8 Å². The van der Waals surface area contributed by atoms with Gasteiger partial charge in [-0.15, -0.1) is 0 Å². The van der Waals surface area contributed by atoms with Crippen molar-refractivity contribution in [2.24, 2.45) is 5.92 Å². The highest BCUT2D eigenvalue weighted by atomic mass is 16.5. The highest BCUT2D eigenvalue weighted by Crippen LogP contribution is 1.98. The van der Waals surface area contributed by atoms with Crippen molar-refractivity contribution < 1.29 is 4.74 Å². The first-order valence-electron chi connectivity index (χ1n) is 7.71. The summed E-state index contributed by atoms with van der Waals surface area (Å²) in [5, 5.41) is 3.50. The number of rotatable bonds is 13. The molecule has 4 nitrogen and oxygen atoms in total. The second kappa shape index (κ2) is 12.9. The lowest BCUT2D eigenvalue weighted by molar-refractivity contribution is 0.144. The van der Waals surface area contributed by atoms with Crippen LogP contribution in [0.1, 0.15) is 27.2 Å². The molecule has 0 aliphatic heterocycles. The molecule has 0 bridgehead atoms. The van der Waals surface area contributed by atoms with Crippen LogP contribution in [0.15, 0.2) is 0 Å². The maximum atomic E-state index is 5.32. The van der Waals surface area contributed by atoms with Crippen LogP contribution in [0.4, 0.5) is 0 Å². The first-order valence-corrected chi connectivity index (χ1v) is 7.71. The van der Waals surface area contributed by atoms with Crippen LogP contribution in [-0.2, 0) is 4.74 Å². The van der Waals surface area contributed by atoms with E-state index in [0.29, 0.717) is 0 Å². The van der Waals surface area contributed by atoms with Gasteiger partial charge in [0.2, 0.25) is 0 Å². The lowest BCUT2D eigenvalue weighted by atomic mass is 10.2. The number of hydrogen-bond acceptors (Lipinski definition) is 4. The SMILES string of the molecule is CCOCCCNCCN(CCN(C)C)CC(C)C. The summed E-state index contributed by atoms with van der Waals surface area (Å²) < 4.78 is 5.32. The van der Waals surface area contributed by atoms with Gasteiger partial charge in [0.05, 0.1) is 0 Å². The highest BCUT2D eigenvalue weighted by Gasteiger charge is 2.07. The largest absolute Gasteiger partial charge is 0.382 e. The second-order valence-electron chi connectivity index (χ2n) is 5.80. The first kappa shape index (κ1) is 18.8. The van der Waals surface area contributed by atoms with E-state index in [-0.39, 0.29) is 0 Å². The second-order valence-corrected chi connectivity index (χ2v) is 5.80. The predicted octanol–water partition coefficient (Wildman–Crippen LogP) is 1.52. The van der Waals surface area contributed by atoms with Gasteiger partial charge in [-0.25, -0.2) is 0 Å². The highest BCUT2D eigenvalue weighted by molar-refractivity contribution is 4.63. The smallest absolute Gasteiger partial charge is 0.0477 e. The summed E-state index contributed by atoms with van der Waals surface area (Å²) in [5.41, 5.74) is 0. The van der Waals surface area contributed by atoms with E-state index in [1.54, 1.807) is 0 Å². The van der Waals surface area contributed by atoms with Crippen molar-refractivity contribution in [2.45, 2.75) is 27.2 Å². The molecular formula is C15H35N3O. The van der Waals surface area contributed by atoms with Gasteiger partial charge >= 0.3 is 0 Å². The minimum Gasteiger partial charge on any atom is -0.382 e. The zero-order valence-corrected chi connectivity index (χ0v) is 13.7. The van der Waals surface area contributed by atoms with E-state index in [4.69, 9.17) is 4.74 Å². The molecule has 0 saturated heterocycles. The van der Waals surface area contributed by atoms with Crippen LogP contribution in [0.5, 0.6) is 0 Å². The van der Waals surface area contributed by atoms with Crippen LogP contribution in [0.3, 0.4) is 0 Å². The minimum atomic E-state index is 0.736. The molecule has 116 valence electrons. The molecule has 0 amide bonds. The molecule has 0 aromatic heterocycles. The fourth-order valence-electron chi connectivity index (χ4n) is 1.96. The summed E-state index contributed by atoms with van der Waals surface area (Å²) in [6.45, 7) is 15.1. The van der Waals surface area contributed by atoms with Crippen molar-refractivity contribution in [3.05, 3.63) is 0 Å². The summed E-state index contributed by atoms with van der Waals surface area (Å²) in [6.07, 6.45) is 1.11. The van der Waals surface area contributed by atoms with E-state index in [0.717, 1.165) is 58.3 Å². The molecule has 0 saturated carbocycles. The molecule has 19 heavy (non-hydrogen) atoms. The summed E-state index contributed by atoms with van der Waals surface area (Å²) in [5.74, 6) is 0.736. The van der Waals surface area contributed by atoms with Gasteiger partial charge < -0.3 is 19.9 Å². The maximum absolute atomic E-state index is 5.32. The van der Waals surface area contributed by atoms with Crippen LogP contribution in [0, 0.1) is 5.92 Å². The van der Waals surface area contributed by atoms with E-state index in [2.05, 4.69) is 43.1 Å². The Kier molecular flexibility index (Phi) is 12.7. The van der Waals surface area contributed by atoms with Gasteiger partial charge in [-0.05, 0) is 39.9 Å². The molecule has 0 unspecified atom stereocenters. The van der Waals surface area contributed by atoms with Crippen LogP contribution in [0.25, 0.3) is 0 Å². The van der Waals surface area contributed by atoms with Crippen molar-refractivity contribution in [2.75, 3.05) is 66.6 Å². The third-order valence-electron chi connectivity index (χ3n) is 2.94. The average Bonchev–Trinajstić information content (AvgIpc) is 2.33. The van der Waals surface area contributed by atoms with Crippen molar-refractivity contribution in [1.82, 2.24) is 15.1 Å². The van der Waals surface area contributed by atoms with Gasteiger partial charge in [0.15, 0.2) is 0 Å². The first-order chi connectivity index (χ1) is 9.06. The van der Waals surface area contributed by atoms with Gasteiger partial charge in [-0.2, -0.15) is 0 Å². The fraction of sp³-hybridized carbons (Fsp3) is 1.00. The molecule has 0 aliphatic carbocycles. The van der Waals surface area contributed by atoms with Gasteiger partial charge in [0.1, 0.15) is 0 Å². The monoisotopic (exact) mass is 273 g/mol. The molecule has 1 N–H and O–H groups in total. The predicted molar refractivity (Wildman–Crippen MR) is 83.8 cm³/mol. The third-order valence-corrected chi connectivity index (χ3v) is 2.94. The van der Waals surface area contributed by atoms with Gasteiger partial charge in [0.25, 0.3) is 0 Å². The number of ether oxygens (including phenoxy) is 1. The zero-order valence-electron chi connectivity index (χ0n) is 13.7. The fourth-order valence-corrected chi connectivity index (χ4v) is 1.96. The molecule has 0 radical (unpaired) electrons. The van der Waals surface area contributed by atoms with Crippen LogP contribution in [0.2, 0.25) is 0 Å². The van der Waals surface area contributed by atoms with E-state index < -0.39 is 0 Å². The molecule has 0 fully saturated rings. The number of nitrogens with one attached hydrogen (secondary N) is 1. The van der Waals surface area contributed by atoms with Crippen molar-refractivity contribution in [1.29, 1.82) is 0 Å². The molecule has 0 aromatic rings. The Morgan fingerprint density at radius 3 is 2.37 bits per heavy atom. The van der Waals surface area contributed by atoms with E-state index in [9.17, 15) is 0 Å². The molecule has 0 aliphatic rings. The standard InChI is InChI=1S/C15H35N3O/c1-6-19-13-7-8-16-9-10-18(14-15(2)3)12-11-17(4)5/h15-16H,6-14H2,1-5H3.